The highest BCUT2D eigenvalue weighted by atomic mass is 19.1. The van der Waals surface area contributed by atoms with Gasteiger partial charge >= 0.3 is 5.97 Å². The van der Waals surface area contributed by atoms with Crippen LogP contribution >= 0.6 is 0 Å². The van der Waals surface area contributed by atoms with Gasteiger partial charge < -0.3 is 19.9 Å². The number of carbonyl (C=O) groups is 2. The van der Waals surface area contributed by atoms with Crippen LogP contribution in [0.3, 0.4) is 0 Å². The molecule has 5 aromatic rings. The zero-order valence-corrected chi connectivity index (χ0v) is 22.4. The Morgan fingerprint density at radius 2 is 1.74 bits per heavy atom. The molecule has 0 saturated heterocycles. The third kappa shape index (κ3) is 6.76. The van der Waals surface area contributed by atoms with Crippen molar-refractivity contribution in [1.29, 1.82) is 0 Å². The Balaban J connectivity index is 1.22. The van der Waals surface area contributed by atoms with E-state index in [4.69, 9.17) is 19.2 Å². The van der Waals surface area contributed by atoms with Gasteiger partial charge in [0.25, 0.3) is 11.8 Å². The fourth-order valence-electron chi connectivity index (χ4n) is 4.05. The predicted octanol–water partition coefficient (Wildman–Crippen LogP) is 5.44. The van der Waals surface area contributed by atoms with Crippen molar-refractivity contribution in [3.05, 3.63) is 119 Å². The molecule has 5 rings (SSSR count). The van der Waals surface area contributed by atoms with Crippen molar-refractivity contribution >= 4 is 11.9 Å². The van der Waals surface area contributed by atoms with E-state index in [-0.39, 0.29) is 29.6 Å². The van der Waals surface area contributed by atoms with Crippen molar-refractivity contribution in [2.75, 3.05) is 0 Å². The summed E-state index contributed by atoms with van der Waals surface area (Å²) in [6, 6.07) is 24.0. The first-order valence-electron chi connectivity index (χ1n) is 12.9. The van der Waals surface area contributed by atoms with Gasteiger partial charge in [-0.1, -0.05) is 59.8 Å². The third-order valence-corrected chi connectivity index (χ3v) is 6.26. The first kappa shape index (κ1) is 28.0. The Hall–Kier alpha value is -5.58. The van der Waals surface area contributed by atoms with Crippen LogP contribution in [0.25, 0.3) is 11.1 Å². The molecule has 212 valence electrons. The number of carboxylic acids is 1. The lowest BCUT2D eigenvalue weighted by molar-refractivity contribution is -0.144. The van der Waals surface area contributed by atoms with Crippen molar-refractivity contribution in [2.24, 2.45) is 0 Å². The normalized spacial score (nSPS) is 11.5. The Morgan fingerprint density at radius 1 is 0.952 bits per heavy atom. The van der Waals surface area contributed by atoms with Crippen molar-refractivity contribution in [2.45, 2.75) is 26.0 Å². The van der Waals surface area contributed by atoms with Gasteiger partial charge in [-0.3, -0.25) is 4.79 Å². The summed E-state index contributed by atoms with van der Waals surface area (Å²) in [5.41, 5.74) is 3.36. The lowest BCUT2D eigenvalue weighted by Crippen LogP contribution is -2.23. The van der Waals surface area contributed by atoms with Crippen LogP contribution in [0, 0.1) is 5.82 Å². The predicted molar refractivity (Wildman–Crippen MR) is 149 cm³/mol. The van der Waals surface area contributed by atoms with Crippen LogP contribution in [0.2, 0.25) is 0 Å². The second kappa shape index (κ2) is 12.7. The van der Waals surface area contributed by atoms with E-state index in [1.165, 1.54) is 25.3 Å². The standard InChI is InChI=1S/C31H25FN4O6/c1-19(31(38)39)40-23-13-14-24(26(32)17-23)22-11-9-21(10-12-22)18-34-28(37)25-8-5-15-33-29(25)41-30-27(35-42-36-30)16-20-6-3-2-4-7-20/h2-15,17,19H,16,18H2,1H3,(H,34,37)(H,38,39). The highest BCUT2D eigenvalue weighted by Gasteiger charge is 2.19. The van der Waals surface area contributed by atoms with Crippen molar-refractivity contribution in [3.8, 4) is 28.6 Å². The minimum atomic E-state index is -1.14. The molecule has 42 heavy (non-hydrogen) atoms. The average molecular weight is 569 g/mol. The Morgan fingerprint density at radius 3 is 2.48 bits per heavy atom. The van der Waals surface area contributed by atoms with Gasteiger partial charge in [-0.15, -0.1) is 0 Å². The molecule has 1 amide bonds. The second-order valence-electron chi connectivity index (χ2n) is 9.26. The van der Waals surface area contributed by atoms with Crippen LogP contribution in [0.15, 0.2) is 95.8 Å². The quantitative estimate of drug-likeness (QED) is 0.214. The average Bonchev–Trinajstić information content (AvgIpc) is 3.43. The zero-order chi connectivity index (χ0) is 29.5. The van der Waals surface area contributed by atoms with Crippen LogP contribution in [0.5, 0.6) is 17.5 Å². The number of aliphatic carboxylic acids is 1. The first-order valence-corrected chi connectivity index (χ1v) is 12.9. The molecular formula is C31H25FN4O6. The van der Waals surface area contributed by atoms with Crippen LogP contribution in [0.4, 0.5) is 4.39 Å². The number of ether oxygens (including phenoxy) is 2. The number of aromatic nitrogens is 3. The Kier molecular flexibility index (Phi) is 8.47. The molecule has 2 N–H and O–H groups in total. The molecule has 0 saturated carbocycles. The first-order chi connectivity index (χ1) is 20.4. The molecule has 3 aromatic carbocycles. The molecule has 0 aliphatic rings. The molecule has 0 aliphatic carbocycles. The maximum Gasteiger partial charge on any atom is 0.344 e. The van der Waals surface area contributed by atoms with E-state index >= 15 is 0 Å². The lowest BCUT2D eigenvalue weighted by Gasteiger charge is -2.12. The molecule has 2 aromatic heterocycles. The molecule has 0 spiro atoms. The molecule has 1 atom stereocenters. The van der Waals surface area contributed by atoms with E-state index in [2.05, 4.69) is 20.6 Å². The third-order valence-electron chi connectivity index (χ3n) is 6.26. The van der Waals surface area contributed by atoms with Crippen molar-refractivity contribution in [3.63, 3.8) is 0 Å². The molecular weight excluding hydrogens is 543 g/mol. The van der Waals surface area contributed by atoms with Gasteiger partial charge in [0, 0.05) is 30.8 Å². The molecule has 2 heterocycles. The summed E-state index contributed by atoms with van der Waals surface area (Å²) in [7, 11) is 0. The van der Waals surface area contributed by atoms with E-state index in [1.807, 2.05) is 30.3 Å². The van der Waals surface area contributed by atoms with E-state index in [0.717, 1.165) is 17.2 Å². The fourth-order valence-corrected chi connectivity index (χ4v) is 4.05. The van der Waals surface area contributed by atoms with E-state index in [1.54, 1.807) is 36.4 Å². The van der Waals surface area contributed by atoms with Crippen LogP contribution in [-0.4, -0.2) is 38.4 Å². The van der Waals surface area contributed by atoms with Gasteiger partial charge in [0.05, 0.1) is 0 Å². The van der Waals surface area contributed by atoms with Crippen LogP contribution < -0.4 is 14.8 Å². The SMILES string of the molecule is CC(Oc1ccc(-c2ccc(CNC(=O)c3cccnc3Oc3nonc3Cc3ccccc3)cc2)c(F)c1)C(=O)O. The maximum absolute atomic E-state index is 14.7. The summed E-state index contributed by atoms with van der Waals surface area (Å²) in [6.45, 7) is 1.56. The van der Waals surface area contributed by atoms with E-state index < -0.39 is 23.8 Å². The molecule has 11 heteroatoms. The summed E-state index contributed by atoms with van der Waals surface area (Å²) in [6.07, 6.45) is 0.825. The van der Waals surface area contributed by atoms with Gasteiger partial charge in [-0.2, -0.15) is 0 Å². The fraction of sp³-hybridized carbons (Fsp3) is 0.129. The van der Waals surface area contributed by atoms with E-state index in [9.17, 15) is 14.0 Å². The summed E-state index contributed by atoms with van der Waals surface area (Å²) in [5, 5.41) is 19.6. The molecule has 0 bridgehead atoms. The van der Waals surface area contributed by atoms with E-state index in [0.29, 0.717) is 23.2 Å². The molecule has 0 radical (unpaired) electrons. The Bertz CT molecular complexity index is 1690. The number of carbonyl (C=O) groups excluding carboxylic acids is 1. The number of benzene rings is 3. The minimum Gasteiger partial charge on any atom is -0.479 e. The largest absolute Gasteiger partial charge is 0.479 e. The molecule has 0 fully saturated rings. The number of carboxylic acid groups (broad SMARTS) is 1. The molecule has 0 aliphatic heterocycles. The summed E-state index contributed by atoms with van der Waals surface area (Å²) < 4.78 is 30.6. The van der Waals surface area contributed by atoms with Crippen molar-refractivity contribution in [1.82, 2.24) is 20.6 Å². The topological polar surface area (TPSA) is 137 Å². The number of pyridine rings is 1. The number of halogens is 1. The van der Waals surface area contributed by atoms with Gasteiger partial charge in [0.15, 0.2) is 11.8 Å². The van der Waals surface area contributed by atoms with Gasteiger partial charge in [0.1, 0.15) is 17.1 Å². The smallest absolute Gasteiger partial charge is 0.344 e. The van der Waals surface area contributed by atoms with Gasteiger partial charge in [0.2, 0.25) is 5.88 Å². The number of nitrogens with one attached hydrogen (secondary N) is 1. The summed E-state index contributed by atoms with van der Waals surface area (Å²) in [5.74, 6) is -1.82. The van der Waals surface area contributed by atoms with Crippen LogP contribution in [0.1, 0.15) is 34.1 Å². The number of amides is 1. The highest BCUT2D eigenvalue weighted by molar-refractivity contribution is 5.96. The minimum absolute atomic E-state index is 0.0519. The zero-order valence-electron chi connectivity index (χ0n) is 22.4. The second-order valence-corrected chi connectivity index (χ2v) is 9.26. The maximum atomic E-state index is 14.7. The Labute approximate surface area is 239 Å². The highest BCUT2D eigenvalue weighted by Crippen LogP contribution is 2.28. The number of nitrogens with zero attached hydrogens (tertiary/aromatic N) is 3. The van der Waals surface area contributed by atoms with Crippen LogP contribution in [-0.2, 0) is 17.8 Å². The van der Waals surface area contributed by atoms with Crippen molar-refractivity contribution < 1.29 is 33.2 Å². The monoisotopic (exact) mass is 568 g/mol. The number of rotatable bonds is 11. The summed E-state index contributed by atoms with van der Waals surface area (Å²) in [4.78, 5) is 28.2. The molecule has 10 nitrogen and oxygen atoms in total. The number of hydrogen-bond donors (Lipinski definition) is 2. The summed E-state index contributed by atoms with van der Waals surface area (Å²) >= 11 is 0. The number of hydrogen-bond acceptors (Lipinski definition) is 8. The van der Waals surface area contributed by atoms with Gasteiger partial charge in [-0.25, -0.2) is 18.8 Å². The lowest BCUT2D eigenvalue weighted by atomic mass is 10.0. The van der Waals surface area contributed by atoms with Gasteiger partial charge in [-0.05, 0) is 53.0 Å². The molecule has 1 unspecified atom stereocenters.